The molecule has 94 valence electrons. The minimum Gasteiger partial charge on any atom is -0.293 e. The summed E-state index contributed by atoms with van der Waals surface area (Å²) >= 11 is 12.6. The van der Waals surface area contributed by atoms with E-state index in [9.17, 15) is 14.4 Å². The van der Waals surface area contributed by atoms with Gasteiger partial charge in [0.2, 0.25) is 0 Å². The van der Waals surface area contributed by atoms with Gasteiger partial charge in [0.05, 0.1) is 16.4 Å². The monoisotopic (exact) mass is 304 g/mol. The van der Waals surface area contributed by atoms with Gasteiger partial charge in [-0.2, -0.15) is 0 Å². The molecule has 18 heavy (non-hydrogen) atoms. The molecular weight excluding hydrogens is 299 g/mol. The number of aromatic amines is 1. The van der Waals surface area contributed by atoms with Crippen LogP contribution in [-0.2, 0) is 6.54 Å². The van der Waals surface area contributed by atoms with E-state index in [1.807, 2.05) is 0 Å². The Morgan fingerprint density at radius 3 is 2.67 bits per heavy atom. The van der Waals surface area contributed by atoms with Crippen LogP contribution in [0.4, 0.5) is 0 Å². The van der Waals surface area contributed by atoms with Gasteiger partial charge in [0.1, 0.15) is 4.34 Å². The van der Waals surface area contributed by atoms with E-state index in [1.54, 1.807) is 0 Å². The summed E-state index contributed by atoms with van der Waals surface area (Å²) in [5, 5.41) is 0. The lowest BCUT2D eigenvalue weighted by atomic mass is 10.2. The number of rotatable bonds is 3. The first kappa shape index (κ1) is 13.1. The van der Waals surface area contributed by atoms with Gasteiger partial charge in [-0.05, 0) is 6.07 Å². The van der Waals surface area contributed by atoms with E-state index < -0.39 is 11.2 Å². The molecule has 0 saturated heterocycles. The summed E-state index contributed by atoms with van der Waals surface area (Å²) in [5.74, 6) is -0.350. The highest BCUT2D eigenvalue weighted by Gasteiger charge is 2.15. The van der Waals surface area contributed by atoms with Crippen LogP contribution in [0.25, 0.3) is 0 Å². The van der Waals surface area contributed by atoms with Crippen molar-refractivity contribution in [2.45, 2.75) is 6.54 Å². The number of hydrogen-bond donors (Lipinski definition) is 1. The summed E-state index contributed by atoms with van der Waals surface area (Å²) in [6, 6.07) is 2.62. The zero-order valence-electron chi connectivity index (χ0n) is 8.78. The van der Waals surface area contributed by atoms with Crippen LogP contribution in [0.2, 0.25) is 8.67 Å². The van der Waals surface area contributed by atoms with Crippen LogP contribution in [-0.4, -0.2) is 15.3 Å². The molecular formula is C10H6Cl2N2O3S. The van der Waals surface area contributed by atoms with Crippen LogP contribution >= 0.6 is 34.5 Å². The Labute approximate surface area is 115 Å². The van der Waals surface area contributed by atoms with Crippen molar-refractivity contribution >= 4 is 40.3 Å². The normalized spacial score (nSPS) is 10.6. The molecule has 5 nitrogen and oxygen atoms in total. The van der Waals surface area contributed by atoms with E-state index in [2.05, 4.69) is 4.98 Å². The van der Waals surface area contributed by atoms with E-state index in [0.717, 1.165) is 22.0 Å². The number of hydrogen-bond acceptors (Lipinski definition) is 4. The molecule has 0 fully saturated rings. The summed E-state index contributed by atoms with van der Waals surface area (Å²) < 4.78 is 1.77. The maximum absolute atomic E-state index is 11.9. The standard InChI is InChI=1S/C10H6Cl2N2O3S/c11-7-3-5(9(12)18-7)6(15)4-14-2-1-8(16)13-10(14)17/h1-3H,4H2,(H,13,16,17). The Morgan fingerprint density at radius 1 is 1.39 bits per heavy atom. The van der Waals surface area contributed by atoms with Crippen molar-refractivity contribution in [3.8, 4) is 0 Å². The lowest BCUT2D eigenvalue weighted by molar-refractivity contribution is 0.0971. The molecule has 8 heteroatoms. The smallest absolute Gasteiger partial charge is 0.293 e. The van der Waals surface area contributed by atoms with E-state index >= 15 is 0 Å². The van der Waals surface area contributed by atoms with Gasteiger partial charge < -0.3 is 0 Å². The van der Waals surface area contributed by atoms with Gasteiger partial charge in [-0.25, -0.2) is 4.79 Å². The van der Waals surface area contributed by atoms with Crippen molar-refractivity contribution < 1.29 is 4.79 Å². The molecule has 0 atom stereocenters. The quantitative estimate of drug-likeness (QED) is 0.879. The van der Waals surface area contributed by atoms with Crippen molar-refractivity contribution in [1.29, 1.82) is 0 Å². The topological polar surface area (TPSA) is 71.9 Å². The number of H-pyrrole nitrogens is 1. The Bertz CT molecular complexity index is 716. The highest BCUT2D eigenvalue weighted by molar-refractivity contribution is 7.20. The zero-order chi connectivity index (χ0) is 13.3. The van der Waals surface area contributed by atoms with E-state index in [4.69, 9.17) is 23.2 Å². The third-order valence-corrected chi connectivity index (χ3v) is 3.66. The predicted octanol–water partition coefficient (Wildman–Crippen LogP) is 1.79. The molecule has 0 amide bonds. The van der Waals surface area contributed by atoms with E-state index in [-0.39, 0.29) is 22.2 Å². The number of halogens is 2. The van der Waals surface area contributed by atoms with Gasteiger partial charge in [-0.1, -0.05) is 23.2 Å². The summed E-state index contributed by atoms with van der Waals surface area (Å²) in [6.45, 7) is -0.206. The highest BCUT2D eigenvalue weighted by Crippen LogP contribution is 2.31. The third kappa shape index (κ3) is 2.72. The summed E-state index contributed by atoms with van der Waals surface area (Å²) in [4.78, 5) is 36.2. The number of nitrogens with one attached hydrogen (secondary N) is 1. The molecule has 0 aliphatic rings. The second-order valence-electron chi connectivity index (χ2n) is 3.40. The Morgan fingerprint density at radius 2 is 2.11 bits per heavy atom. The average Bonchev–Trinajstić information content (AvgIpc) is 2.62. The van der Waals surface area contributed by atoms with Crippen molar-refractivity contribution in [2.24, 2.45) is 0 Å². The first-order chi connectivity index (χ1) is 8.47. The third-order valence-electron chi connectivity index (χ3n) is 2.17. The fourth-order valence-corrected chi connectivity index (χ4v) is 2.84. The molecule has 0 radical (unpaired) electrons. The lowest BCUT2D eigenvalue weighted by Crippen LogP contribution is -2.30. The molecule has 0 spiro atoms. The summed E-state index contributed by atoms with van der Waals surface area (Å²) in [7, 11) is 0. The fraction of sp³-hybridized carbons (Fsp3) is 0.100. The van der Waals surface area contributed by atoms with E-state index in [1.165, 1.54) is 12.3 Å². The number of aromatic nitrogens is 2. The van der Waals surface area contributed by atoms with Crippen molar-refractivity contribution in [1.82, 2.24) is 9.55 Å². The first-order valence-electron chi connectivity index (χ1n) is 4.75. The largest absolute Gasteiger partial charge is 0.328 e. The van der Waals surface area contributed by atoms with Crippen LogP contribution in [0.15, 0.2) is 27.9 Å². The second-order valence-corrected chi connectivity index (χ2v) is 5.68. The van der Waals surface area contributed by atoms with Crippen molar-refractivity contribution in [3.05, 3.63) is 53.4 Å². The minimum absolute atomic E-state index is 0.206. The number of nitrogens with zero attached hydrogens (tertiary/aromatic N) is 1. The number of Topliss-reactive ketones (excluding diaryl/α,β-unsaturated/α-hetero) is 1. The first-order valence-corrected chi connectivity index (χ1v) is 6.32. The molecule has 0 aliphatic heterocycles. The molecule has 2 rings (SSSR count). The molecule has 0 saturated carbocycles. The Hall–Kier alpha value is -1.37. The van der Waals surface area contributed by atoms with E-state index in [0.29, 0.717) is 4.34 Å². The fourth-order valence-electron chi connectivity index (χ4n) is 1.34. The maximum Gasteiger partial charge on any atom is 0.328 e. The number of carbonyl (C=O) groups is 1. The SMILES string of the molecule is O=C(Cn1ccc(=O)[nH]c1=O)c1cc(Cl)sc1Cl. The van der Waals surface area contributed by atoms with Crippen molar-refractivity contribution in [2.75, 3.05) is 0 Å². The summed E-state index contributed by atoms with van der Waals surface area (Å²) in [6.07, 6.45) is 1.25. The highest BCUT2D eigenvalue weighted by atomic mass is 35.5. The van der Waals surface area contributed by atoms with Crippen LogP contribution in [0.3, 0.4) is 0 Å². The van der Waals surface area contributed by atoms with Gasteiger partial charge in [0.15, 0.2) is 5.78 Å². The molecule has 2 aromatic rings. The van der Waals surface area contributed by atoms with Crippen LogP contribution in [0.5, 0.6) is 0 Å². The van der Waals surface area contributed by atoms with Gasteiger partial charge in [-0.15, -0.1) is 11.3 Å². The molecule has 0 aliphatic carbocycles. The van der Waals surface area contributed by atoms with Gasteiger partial charge in [0, 0.05) is 12.3 Å². The number of carbonyl (C=O) groups excluding carboxylic acids is 1. The summed E-state index contributed by atoms with van der Waals surface area (Å²) in [5.41, 5.74) is -0.890. The Kier molecular flexibility index (Phi) is 3.70. The number of ketones is 1. The van der Waals surface area contributed by atoms with Crippen LogP contribution < -0.4 is 11.2 Å². The maximum atomic E-state index is 11.9. The molecule has 0 bridgehead atoms. The molecule has 1 N–H and O–H groups in total. The Balaban J connectivity index is 2.29. The molecule has 0 unspecified atom stereocenters. The number of thiophene rings is 1. The van der Waals surface area contributed by atoms with Crippen LogP contribution in [0.1, 0.15) is 10.4 Å². The molecule has 0 aromatic carbocycles. The van der Waals surface area contributed by atoms with Crippen molar-refractivity contribution in [3.63, 3.8) is 0 Å². The minimum atomic E-state index is -0.645. The predicted molar refractivity (Wildman–Crippen MR) is 70.0 cm³/mol. The average molecular weight is 305 g/mol. The van der Waals surface area contributed by atoms with Gasteiger partial charge >= 0.3 is 5.69 Å². The van der Waals surface area contributed by atoms with Gasteiger partial charge in [-0.3, -0.25) is 19.1 Å². The van der Waals surface area contributed by atoms with Gasteiger partial charge in [0.25, 0.3) is 5.56 Å². The molecule has 2 aromatic heterocycles. The zero-order valence-corrected chi connectivity index (χ0v) is 11.1. The second kappa shape index (κ2) is 5.09. The molecule has 2 heterocycles. The lowest BCUT2D eigenvalue weighted by Gasteiger charge is -2.02. The van der Waals surface area contributed by atoms with Crippen LogP contribution in [0, 0.1) is 0 Å².